The second kappa shape index (κ2) is 5.61. The number of nitrogens with two attached hydrogens (primary N) is 1. The van der Waals surface area contributed by atoms with Crippen molar-refractivity contribution in [3.63, 3.8) is 0 Å². The van der Waals surface area contributed by atoms with Gasteiger partial charge in [-0.3, -0.25) is 9.59 Å². The molecule has 1 aromatic carbocycles. The van der Waals surface area contributed by atoms with E-state index in [-0.39, 0.29) is 17.9 Å². The molecule has 0 spiro atoms. The number of benzene rings is 1. The van der Waals surface area contributed by atoms with Gasteiger partial charge in [-0.1, -0.05) is 0 Å². The van der Waals surface area contributed by atoms with Gasteiger partial charge in [0.1, 0.15) is 6.04 Å². The van der Waals surface area contributed by atoms with Gasteiger partial charge < -0.3 is 16.0 Å². The minimum atomic E-state index is -0.373. The Hall–Kier alpha value is -1.56. The summed E-state index contributed by atoms with van der Waals surface area (Å²) in [7, 11) is 1.58. The summed E-state index contributed by atoms with van der Waals surface area (Å²) in [5.74, 6) is -0.263. The fraction of sp³-hybridized carbons (Fsp3) is 0.385. The third kappa shape index (κ3) is 2.73. The Kier molecular flexibility index (Phi) is 4.09. The topological polar surface area (TPSA) is 75.4 Å². The SMILES string of the molecule is CNC(=O)C1CCCN1C(=O)c1ccc(Br)c(N)c1. The molecule has 0 aliphatic carbocycles. The van der Waals surface area contributed by atoms with Gasteiger partial charge in [0.25, 0.3) is 5.91 Å². The average Bonchev–Trinajstić information content (AvgIpc) is 2.89. The molecule has 1 fully saturated rings. The Labute approximate surface area is 120 Å². The van der Waals surface area contributed by atoms with Gasteiger partial charge >= 0.3 is 0 Å². The van der Waals surface area contributed by atoms with Gasteiger partial charge in [-0.25, -0.2) is 0 Å². The molecule has 2 amide bonds. The number of amides is 2. The number of likely N-dealkylation sites (tertiary alicyclic amines) is 1. The van der Waals surface area contributed by atoms with Crippen LogP contribution < -0.4 is 11.1 Å². The Morgan fingerprint density at radius 3 is 2.84 bits per heavy atom. The number of rotatable bonds is 2. The molecule has 0 saturated carbocycles. The molecule has 0 aromatic heterocycles. The molecular weight excluding hydrogens is 310 g/mol. The van der Waals surface area contributed by atoms with E-state index in [1.165, 1.54) is 0 Å². The molecule has 1 heterocycles. The van der Waals surface area contributed by atoms with Crippen molar-refractivity contribution in [2.45, 2.75) is 18.9 Å². The summed E-state index contributed by atoms with van der Waals surface area (Å²) in [6, 6.07) is 4.71. The lowest BCUT2D eigenvalue weighted by Gasteiger charge is -2.23. The maximum absolute atomic E-state index is 12.4. The summed E-state index contributed by atoms with van der Waals surface area (Å²) >= 11 is 3.29. The van der Waals surface area contributed by atoms with Crippen molar-refractivity contribution in [1.29, 1.82) is 0 Å². The van der Waals surface area contributed by atoms with Crippen molar-refractivity contribution in [3.05, 3.63) is 28.2 Å². The van der Waals surface area contributed by atoms with E-state index in [4.69, 9.17) is 5.73 Å². The van der Waals surface area contributed by atoms with Gasteiger partial charge in [0, 0.05) is 29.3 Å². The number of carbonyl (C=O) groups excluding carboxylic acids is 2. The number of carbonyl (C=O) groups is 2. The van der Waals surface area contributed by atoms with Crippen molar-refractivity contribution in [2.75, 3.05) is 19.3 Å². The second-order valence-corrected chi connectivity index (χ2v) is 5.36. The fourth-order valence-electron chi connectivity index (χ4n) is 2.29. The van der Waals surface area contributed by atoms with E-state index in [0.29, 0.717) is 24.2 Å². The molecule has 3 N–H and O–H groups in total. The molecule has 1 aromatic rings. The molecule has 0 bridgehead atoms. The van der Waals surface area contributed by atoms with Crippen molar-refractivity contribution in [1.82, 2.24) is 10.2 Å². The lowest BCUT2D eigenvalue weighted by Crippen LogP contribution is -2.44. The Morgan fingerprint density at radius 1 is 1.47 bits per heavy atom. The van der Waals surface area contributed by atoms with Crippen LogP contribution in [0.3, 0.4) is 0 Å². The highest BCUT2D eigenvalue weighted by Gasteiger charge is 2.33. The predicted molar refractivity (Wildman–Crippen MR) is 76.7 cm³/mol. The summed E-state index contributed by atoms with van der Waals surface area (Å²) < 4.78 is 0.758. The lowest BCUT2D eigenvalue weighted by molar-refractivity contribution is -0.124. The van der Waals surface area contributed by atoms with Crippen molar-refractivity contribution in [3.8, 4) is 0 Å². The molecule has 1 saturated heterocycles. The van der Waals surface area contributed by atoms with E-state index in [1.54, 1.807) is 30.1 Å². The highest BCUT2D eigenvalue weighted by molar-refractivity contribution is 9.10. The molecule has 6 heteroatoms. The first-order valence-electron chi connectivity index (χ1n) is 6.12. The Bertz CT molecular complexity index is 519. The number of anilines is 1. The van der Waals surface area contributed by atoms with Gasteiger partial charge in [-0.15, -0.1) is 0 Å². The highest BCUT2D eigenvalue weighted by Crippen LogP contribution is 2.24. The van der Waals surface area contributed by atoms with Crippen LogP contribution in [0.5, 0.6) is 0 Å². The number of hydrogen-bond donors (Lipinski definition) is 2. The molecule has 1 atom stereocenters. The van der Waals surface area contributed by atoms with Gasteiger partial charge in [0.15, 0.2) is 0 Å². The standard InChI is InChI=1S/C13H16BrN3O2/c1-16-12(18)11-3-2-6-17(11)13(19)8-4-5-9(14)10(15)7-8/h4-5,7,11H,2-3,6,15H2,1H3,(H,16,18). The monoisotopic (exact) mass is 325 g/mol. The Morgan fingerprint density at radius 2 is 2.21 bits per heavy atom. The van der Waals surface area contributed by atoms with Gasteiger partial charge in [-0.05, 0) is 47.0 Å². The van der Waals surface area contributed by atoms with E-state index < -0.39 is 0 Å². The summed E-state index contributed by atoms with van der Waals surface area (Å²) in [5.41, 5.74) is 6.81. The van der Waals surface area contributed by atoms with Crippen molar-refractivity contribution < 1.29 is 9.59 Å². The number of halogens is 1. The first kappa shape index (κ1) is 13.9. The fourth-order valence-corrected chi connectivity index (χ4v) is 2.54. The first-order valence-corrected chi connectivity index (χ1v) is 6.91. The molecule has 102 valence electrons. The normalized spacial score (nSPS) is 18.4. The summed E-state index contributed by atoms with van der Waals surface area (Å²) in [6.45, 7) is 0.604. The van der Waals surface area contributed by atoms with E-state index in [9.17, 15) is 9.59 Å². The van der Waals surface area contributed by atoms with Gasteiger partial charge in [0.05, 0.1) is 0 Å². The zero-order chi connectivity index (χ0) is 14.0. The maximum Gasteiger partial charge on any atom is 0.254 e. The predicted octanol–water partition coefficient (Wildman–Crippen LogP) is 1.38. The second-order valence-electron chi connectivity index (χ2n) is 4.51. The minimum absolute atomic E-state index is 0.115. The van der Waals surface area contributed by atoms with E-state index >= 15 is 0 Å². The molecule has 1 aliphatic rings. The molecular formula is C13H16BrN3O2. The van der Waals surface area contributed by atoms with Crippen LogP contribution >= 0.6 is 15.9 Å². The zero-order valence-electron chi connectivity index (χ0n) is 10.6. The number of hydrogen-bond acceptors (Lipinski definition) is 3. The molecule has 1 aliphatic heterocycles. The average molecular weight is 326 g/mol. The van der Waals surface area contributed by atoms with Crippen LogP contribution in [-0.4, -0.2) is 36.3 Å². The van der Waals surface area contributed by atoms with E-state index in [2.05, 4.69) is 21.2 Å². The molecule has 5 nitrogen and oxygen atoms in total. The zero-order valence-corrected chi connectivity index (χ0v) is 12.2. The van der Waals surface area contributed by atoms with Crippen molar-refractivity contribution in [2.24, 2.45) is 0 Å². The summed E-state index contributed by atoms with van der Waals surface area (Å²) in [5, 5.41) is 2.60. The largest absolute Gasteiger partial charge is 0.398 e. The van der Waals surface area contributed by atoms with Crippen molar-refractivity contribution >= 4 is 33.4 Å². The van der Waals surface area contributed by atoms with Crippen LogP contribution in [0.15, 0.2) is 22.7 Å². The lowest BCUT2D eigenvalue weighted by atomic mass is 10.1. The van der Waals surface area contributed by atoms with Crippen LogP contribution in [0, 0.1) is 0 Å². The molecule has 19 heavy (non-hydrogen) atoms. The Balaban J connectivity index is 2.23. The molecule has 2 rings (SSSR count). The maximum atomic E-state index is 12.4. The smallest absolute Gasteiger partial charge is 0.254 e. The quantitative estimate of drug-likeness (QED) is 0.807. The van der Waals surface area contributed by atoms with E-state index in [1.807, 2.05) is 0 Å². The summed E-state index contributed by atoms with van der Waals surface area (Å²) in [4.78, 5) is 25.8. The van der Waals surface area contributed by atoms with Gasteiger partial charge in [-0.2, -0.15) is 0 Å². The minimum Gasteiger partial charge on any atom is -0.398 e. The molecule has 0 radical (unpaired) electrons. The van der Waals surface area contributed by atoms with Crippen LogP contribution in [0.1, 0.15) is 23.2 Å². The molecule has 1 unspecified atom stereocenters. The highest BCUT2D eigenvalue weighted by atomic mass is 79.9. The van der Waals surface area contributed by atoms with Crippen LogP contribution in [0.25, 0.3) is 0 Å². The third-order valence-corrected chi connectivity index (χ3v) is 4.03. The number of nitrogens with one attached hydrogen (secondary N) is 1. The first-order chi connectivity index (χ1) is 9.04. The van der Waals surface area contributed by atoms with Crippen LogP contribution in [-0.2, 0) is 4.79 Å². The number of nitrogen functional groups attached to an aromatic ring is 1. The summed E-state index contributed by atoms with van der Waals surface area (Å²) in [6.07, 6.45) is 1.55. The number of likely N-dealkylation sites (N-methyl/N-ethyl adjacent to an activating group) is 1. The van der Waals surface area contributed by atoms with Gasteiger partial charge in [0.2, 0.25) is 5.91 Å². The number of nitrogens with zero attached hydrogens (tertiary/aromatic N) is 1. The van der Waals surface area contributed by atoms with Crippen LogP contribution in [0.4, 0.5) is 5.69 Å². The third-order valence-electron chi connectivity index (χ3n) is 3.31. The van der Waals surface area contributed by atoms with E-state index in [0.717, 1.165) is 10.9 Å². The van der Waals surface area contributed by atoms with Crippen LogP contribution in [0.2, 0.25) is 0 Å².